The molecule has 9 heteroatoms. The molecule has 43 heavy (non-hydrogen) atoms. The van der Waals surface area contributed by atoms with Gasteiger partial charge in [0.1, 0.15) is 12.4 Å². The first-order valence-corrected chi connectivity index (χ1v) is 18.0. The van der Waals surface area contributed by atoms with Crippen LogP contribution in [0.4, 0.5) is 0 Å². The van der Waals surface area contributed by atoms with Crippen molar-refractivity contribution in [2.45, 2.75) is 136 Å². The molecule has 0 unspecified atom stereocenters. The Labute approximate surface area is 259 Å². The number of hydrogen-bond acceptors (Lipinski definition) is 5. The van der Waals surface area contributed by atoms with E-state index >= 15 is 0 Å². The van der Waals surface area contributed by atoms with Crippen molar-refractivity contribution in [3.63, 3.8) is 0 Å². The van der Waals surface area contributed by atoms with Gasteiger partial charge >= 0.3 is 7.60 Å². The second-order valence-electron chi connectivity index (χ2n) is 12.0. The molecule has 1 heterocycles. The average Bonchev–Trinajstić information content (AvgIpc) is 2.94. The Kier molecular flexibility index (Phi) is 17.7. The first-order chi connectivity index (χ1) is 20.6. The Balaban J connectivity index is 1.75. The number of pyridine rings is 1. The molecule has 0 aliphatic heterocycles. The maximum absolute atomic E-state index is 12.7. The summed E-state index contributed by atoms with van der Waals surface area (Å²) in [4.78, 5) is 36.0. The highest BCUT2D eigenvalue weighted by Gasteiger charge is 2.28. The third-order valence-corrected chi connectivity index (χ3v) is 8.67. The minimum absolute atomic E-state index is 0.209. The fourth-order valence-electron chi connectivity index (χ4n) is 5.26. The molecule has 1 aromatic carbocycles. The minimum atomic E-state index is -4.46. The van der Waals surface area contributed by atoms with Crippen molar-refractivity contribution in [2.24, 2.45) is 0 Å². The Hall–Kier alpha value is -2.25. The number of unbranched alkanes of at least 4 members (excludes halogenated alkanes) is 12. The third kappa shape index (κ3) is 17.0. The number of carbonyl (C=O) groups excluding carboxylic acids is 1. The lowest BCUT2D eigenvalue weighted by atomic mass is 10.0. The van der Waals surface area contributed by atoms with Crippen LogP contribution in [0.5, 0.6) is 5.75 Å². The van der Waals surface area contributed by atoms with Gasteiger partial charge in [-0.3, -0.25) is 14.3 Å². The molecular formula is C34H55N2O6P. The van der Waals surface area contributed by atoms with Crippen LogP contribution in [0.3, 0.4) is 0 Å². The number of nitrogens with zero attached hydrogens (tertiary/aromatic N) is 1. The van der Waals surface area contributed by atoms with E-state index in [2.05, 4.69) is 23.3 Å². The van der Waals surface area contributed by atoms with Crippen LogP contribution in [0.15, 0.2) is 36.5 Å². The standard InChI is InChI=1S/C34H55N2O6P/c1-4-5-6-7-8-9-10-11-12-13-14-15-16-17-34(38)36-31(33(37)26-43(39,40)41)23-29-18-20-30(21-19-29)42-25-32-28(3)22-27(2)24-35-32/h18-22,24,31,33,37H,4-17,23,25-26H2,1-3H3,(H,36,38)(H2,39,40,41)/t31-,33+/m0/s1. The molecule has 2 aromatic rings. The number of aliphatic hydroxyl groups is 1. The average molecular weight is 619 g/mol. The summed E-state index contributed by atoms with van der Waals surface area (Å²) in [6, 6.07) is 8.53. The second-order valence-corrected chi connectivity index (χ2v) is 13.7. The Morgan fingerprint density at radius 2 is 1.47 bits per heavy atom. The number of aromatic nitrogens is 1. The normalized spacial score (nSPS) is 13.1. The fourth-order valence-corrected chi connectivity index (χ4v) is 6.00. The molecule has 0 radical (unpaired) electrons. The number of aliphatic hydroxyl groups excluding tert-OH is 1. The topological polar surface area (TPSA) is 129 Å². The Bertz CT molecular complexity index is 1100. The lowest BCUT2D eigenvalue weighted by Gasteiger charge is -2.25. The van der Waals surface area contributed by atoms with E-state index in [4.69, 9.17) is 4.74 Å². The number of hydrogen-bond donors (Lipinski definition) is 4. The highest BCUT2D eigenvalue weighted by Crippen LogP contribution is 2.36. The zero-order valence-electron chi connectivity index (χ0n) is 26.6. The number of nitrogens with one attached hydrogen (secondary N) is 1. The molecule has 8 nitrogen and oxygen atoms in total. The SMILES string of the molecule is CCCCCCCCCCCCCCCC(=O)N[C@@H](Cc1ccc(OCc2ncc(C)cc2C)cc1)[C@H](O)CP(=O)(O)O. The van der Waals surface area contributed by atoms with Crippen LogP contribution in [0, 0.1) is 13.8 Å². The number of benzene rings is 1. The van der Waals surface area contributed by atoms with Gasteiger partial charge in [0, 0.05) is 12.6 Å². The predicted molar refractivity (Wildman–Crippen MR) is 173 cm³/mol. The van der Waals surface area contributed by atoms with Crippen molar-refractivity contribution in [1.29, 1.82) is 0 Å². The van der Waals surface area contributed by atoms with Crippen LogP contribution >= 0.6 is 7.60 Å². The van der Waals surface area contributed by atoms with Crippen molar-refractivity contribution in [1.82, 2.24) is 10.3 Å². The molecule has 0 saturated heterocycles. The van der Waals surface area contributed by atoms with Gasteiger partial charge in [-0.15, -0.1) is 0 Å². The van der Waals surface area contributed by atoms with E-state index < -0.39 is 25.9 Å². The van der Waals surface area contributed by atoms with Crippen molar-refractivity contribution >= 4 is 13.5 Å². The lowest BCUT2D eigenvalue weighted by molar-refractivity contribution is -0.122. The van der Waals surface area contributed by atoms with Gasteiger partial charge in [0.2, 0.25) is 5.91 Å². The molecular weight excluding hydrogens is 563 g/mol. The van der Waals surface area contributed by atoms with Crippen molar-refractivity contribution in [3.8, 4) is 5.75 Å². The van der Waals surface area contributed by atoms with E-state index in [0.717, 1.165) is 41.6 Å². The number of carbonyl (C=O) groups is 1. The summed E-state index contributed by atoms with van der Waals surface area (Å²) in [5, 5.41) is 13.4. The molecule has 1 aromatic heterocycles. The minimum Gasteiger partial charge on any atom is -0.487 e. The van der Waals surface area contributed by atoms with Crippen LogP contribution in [0.25, 0.3) is 0 Å². The van der Waals surface area contributed by atoms with E-state index in [0.29, 0.717) is 18.8 Å². The number of ether oxygens (including phenoxy) is 1. The molecule has 0 aliphatic carbocycles. The quantitative estimate of drug-likeness (QED) is 0.0758. The fraction of sp³-hybridized carbons (Fsp3) is 0.647. The molecule has 0 bridgehead atoms. The molecule has 0 aliphatic rings. The first kappa shape index (κ1) is 36.9. The monoisotopic (exact) mass is 618 g/mol. The summed E-state index contributed by atoms with van der Waals surface area (Å²) in [5.74, 6) is 0.447. The van der Waals surface area contributed by atoms with E-state index in [-0.39, 0.29) is 12.3 Å². The van der Waals surface area contributed by atoms with E-state index in [1.807, 2.05) is 32.2 Å². The van der Waals surface area contributed by atoms with Crippen LogP contribution < -0.4 is 10.1 Å². The summed E-state index contributed by atoms with van der Waals surface area (Å²) in [5.41, 5.74) is 3.83. The van der Waals surface area contributed by atoms with E-state index in [1.165, 1.54) is 64.2 Å². The second kappa shape index (κ2) is 20.7. The van der Waals surface area contributed by atoms with Crippen molar-refractivity contribution in [3.05, 3.63) is 58.9 Å². The molecule has 242 valence electrons. The maximum atomic E-state index is 12.7. The van der Waals surface area contributed by atoms with E-state index in [1.54, 1.807) is 12.1 Å². The highest BCUT2D eigenvalue weighted by molar-refractivity contribution is 7.51. The molecule has 1 amide bonds. The van der Waals surface area contributed by atoms with Crippen LogP contribution in [-0.4, -0.2) is 44.1 Å². The zero-order chi connectivity index (χ0) is 31.5. The number of aryl methyl sites for hydroxylation is 2. The van der Waals surface area contributed by atoms with E-state index in [9.17, 15) is 24.3 Å². The van der Waals surface area contributed by atoms with Gasteiger partial charge in [-0.2, -0.15) is 0 Å². The largest absolute Gasteiger partial charge is 0.487 e. The predicted octanol–water partition coefficient (Wildman–Crippen LogP) is 7.32. The number of amides is 1. The summed E-state index contributed by atoms with van der Waals surface area (Å²) in [6.07, 6.45) is 16.2. The van der Waals surface area contributed by atoms with Gasteiger partial charge in [-0.1, -0.05) is 102 Å². The van der Waals surface area contributed by atoms with Gasteiger partial charge in [-0.05, 0) is 55.5 Å². The first-order valence-electron chi connectivity index (χ1n) is 16.2. The summed E-state index contributed by atoms with van der Waals surface area (Å²) < 4.78 is 17.4. The van der Waals surface area contributed by atoms with Gasteiger partial charge < -0.3 is 24.9 Å². The van der Waals surface area contributed by atoms with Crippen LogP contribution in [-0.2, 0) is 22.4 Å². The summed E-state index contributed by atoms with van der Waals surface area (Å²) in [7, 11) is -4.46. The molecule has 2 rings (SSSR count). The Morgan fingerprint density at radius 1 is 0.907 bits per heavy atom. The molecule has 0 spiro atoms. The molecule has 0 saturated carbocycles. The summed E-state index contributed by atoms with van der Waals surface area (Å²) in [6.45, 7) is 6.58. The van der Waals surface area contributed by atoms with Crippen molar-refractivity contribution in [2.75, 3.05) is 6.16 Å². The van der Waals surface area contributed by atoms with Gasteiger partial charge in [-0.25, -0.2) is 0 Å². The third-order valence-electron chi connectivity index (χ3n) is 7.82. The summed E-state index contributed by atoms with van der Waals surface area (Å²) >= 11 is 0. The van der Waals surface area contributed by atoms with Crippen molar-refractivity contribution < 1.29 is 29.0 Å². The van der Waals surface area contributed by atoms with Crippen LogP contribution in [0.2, 0.25) is 0 Å². The molecule has 2 atom stereocenters. The molecule has 0 fully saturated rings. The highest BCUT2D eigenvalue weighted by atomic mass is 31.2. The van der Waals surface area contributed by atoms with Crippen LogP contribution in [0.1, 0.15) is 119 Å². The smallest absolute Gasteiger partial charge is 0.328 e. The Morgan fingerprint density at radius 3 is 2.00 bits per heavy atom. The lowest BCUT2D eigenvalue weighted by Crippen LogP contribution is -2.46. The zero-order valence-corrected chi connectivity index (χ0v) is 27.5. The maximum Gasteiger partial charge on any atom is 0.328 e. The van der Waals surface area contributed by atoms with Gasteiger partial charge in [0.25, 0.3) is 0 Å². The molecule has 4 N–H and O–H groups in total. The van der Waals surface area contributed by atoms with Gasteiger partial charge in [0.15, 0.2) is 0 Å². The number of rotatable bonds is 23. The van der Waals surface area contributed by atoms with Gasteiger partial charge in [0.05, 0.1) is 24.0 Å².